The lowest BCUT2D eigenvalue weighted by molar-refractivity contribution is 0.357. The highest BCUT2D eigenvalue weighted by atomic mass is 15.1. The molecule has 0 heterocycles. The van der Waals surface area contributed by atoms with Gasteiger partial charge in [-0.05, 0) is 57.1 Å². The molecule has 0 unspecified atom stereocenters. The van der Waals surface area contributed by atoms with Crippen molar-refractivity contribution in [3.8, 4) is 0 Å². The van der Waals surface area contributed by atoms with Crippen molar-refractivity contribution in [2.24, 2.45) is 21.7 Å². The van der Waals surface area contributed by atoms with Gasteiger partial charge in [0.05, 0.1) is 0 Å². The van der Waals surface area contributed by atoms with Gasteiger partial charge in [-0.25, -0.2) is 0 Å². The van der Waals surface area contributed by atoms with Crippen LogP contribution in [0.15, 0.2) is 60.7 Å². The zero-order chi connectivity index (χ0) is 28.8. The summed E-state index contributed by atoms with van der Waals surface area (Å²) in [4.78, 5) is 5.06. The van der Waals surface area contributed by atoms with Gasteiger partial charge >= 0.3 is 0 Å². The standard InChI is InChI=1S/C36H56N2/c1-33(2,3)25-37(26-34(4,5)6)31-21-17-29(18-22-31)15-13-14-16-30-19-23-32(24-20-30)38(27-35(7,8)9)28-36(10,11)12/h13-24H,25-28H2,1-12H3/b15-13+,16-14+. The zero-order valence-corrected chi connectivity index (χ0v) is 26.7. The first-order chi connectivity index (χ1) is 17.3. The van der Waals surface area contributed by atoms with Crippen molar-refractivity contribution in [3.63, 3.8) is 0 Å². The van der Waals surface area contributed by atoms with E-state index in [4.69, 9.17) is 0 Å². The van der Waals surface area contributed by atoms with Gasteiger partial charge in [-0.2, -0.15) is 0 Å². The van der Waals surface area contributed by atoms with Crippen molar-refractivity contribution >= 4 is 23.5 Å². The lowest BCUT2D eigenvalue weighted by Gasteiger charge is -2.36. The van der Waals surface area contributed by atoms with Crippen molar-refractivity contribution < 1.29 is 0 Å². The van der Waals surface area contributed by atoms with Gasteiger partial charge in [0.2, 0.25) is 0 Å². The molecule has 0 bridgehead atoms. The highest BCUT2D eigenvalue weighted by Crippen LogP contribution is 2.28. The third kappa shape index (κ3) is 12.9. The second kappa shape index (κ2) is 12.6. The summed E-state index contributed by atoms with van der Waals surface area (Å²) in [6.45, 7) is 31.9. The van der Waals surface area contributed by atoms with Crippen LogP contribution in [0, 0.1) is 21.7 Å². The largest absolute Gasteiger partial charge is 0.370 e. The topological polar surface area (TPSA) is 6.48 Å². The second-order valence-electron chi connectivity index (χ2n) is 15.9. The summed E-state index contributed by atoms with van der Waals surface area (Å²) in [5.74, 6) is 0. The Bertz CT molecular complexity index is 908. The molecule has 2 aromatic carbocycles. The van der Waals surface area contributed by atoms with E-state index in [1.165, 1.54) is 22.5 Å². The van der Waals surface area contributed by atoms with Gasteiger partial charge < -0.3 is 9.80 Å². The van der Waals surface area contributed by atoms with Crippen LogP contribution in [0.4, 0.5) is 11.4 Å². The molecule has 0 atom stereocenters. The van der Waals surface area contributed by atoms with E-state index in [1.807, 2.05) is 0 Å². The quantitative estimate of drug-likeness (QED) is 0.306. The van der Waals surface area contributed by atoms with E-state index in [1.54, 1.807) is 0 Å². The van der Waals surface area contributed by atoms with Gasteiger partial charge in [-0.3, -0.25) is 0 Å². The molecule has 0 amide bonds. The van der Waals surface area contributed by atoms with E-state index in [9.17, 15) is 0 Å². The molecule has 0 aliphatic heterocycles. The Morgan fingerprint density at radius 1 is 0.421 bits per heavy atom. The number of hydrogen-bond acceptors (Lipinski definition) is 2. The van der Waals surface area contributed by atoms with Gasteiger partial charge in [-0.15, -0.1) is 0 Å². The molecule has 0 aliphatic carbocycles. The molecule has 0 radical (unpaired) electrons. The number of allylic oxidation sites excluding steroid dienone is 2. The molecule has 2 nitrogen and oxygen atoms in total. The molecular weight excluding hydrogens is 460 g/mol. The fourth-order valence-corrected chi connectivity index (χ4v) is 4.69. The SMILES string of the molecule is CC(C)(C)CN(CC(C)(C)C)c1ccc(/C=C/C=C/c2ccc(N(CC(C)(C)C)CC(C)(C)C)cc2)cc1. The first-order valence-corrected chi connectivity index (χ1v) is 14.3. The van der Waals surface area contributed by atoms with Crippen LogP contribution in [0.3, 0.4) is 0 Å². The molecule has 0 fully saturated rings. The predicted octanol–water partition coefficient (Wildman–Crippen LogP) is 10.2. The molecule has 0 aromatic heterocycles. The maximum Gasteiger partial charge on any atom is 0.0366 e. The van der Waals surface area contributed by atoms with Crippen LogP contribution in [0.5, 0.6) is 0 Å². The summed E-state index contributed by atoms with van der Waals surface area (Å²) in [6, 6.07) is 18.0. The fourth-order valence-electron chi connectivity index (χ4n) is 4.69. The van der Waals surface area contributed by atoms with E-state index < -0.39 is 0 Å². The van der Waals surface area contributed by atoms with Gasteiger partial charge in [0.15, 0.2) is 0 Å². The molecule has 0 aliphatic rings. The van der Waals surface area contributed by atoms with Crippen LogP contribution in [-0.2, 0) is 0 Å². The molecule has 0 N–H and O–H groups in total. The van der Waals surface area contributed by atoms with E-state index in [0.29, 0.717) is 0 Å². The predicted molar refractivity (Wildman–Crippen MR) is 173 cm³/mol. The first-order valence-electron chi connectivity index (χ1n) is 14.3. The summed E-state index contributed by atoms with van der Waals surface area (Å²) in [6.07, 6.45) is 8.63. The Balaban J connectivity index is 2.07. The minimum absolute atomic E-state index is 0.254. The van der Waals surface area contributed by atoms with Gasteiger partial charge in [0, 0.05) is 37.6 Å². The minimum atomic E-state index is 0.254. The van der Waals surface area contributed by atoms with Gasteiger partial charge in [0.1, 0.15) is 0 Å². The van der Waals surface area contributed by atoms with Crippen LogP contribution in [-0.4, -0.2) is 26.2 Å². The van der Waals surface area contributed by atoms with E-state index in [-0.39, 0.29) is 21.7 Å². The molecule has 0 spiro atoms. The summed E-state index contributed by atoms with van der Waals surface area (Å²) >= 11 is 0. The number of nitrogens with zero attached hydrogens (tertiary/aromatic N) is 2. The van der Waals surface area contributed by atoms with Crippen LogP contribution in [0.1, 0.15) is 94.2 Å². The molecule has 2 aromatic rings. The number of rotatable bonds is 9. The average Bonchev–Trinajstić information content (AvgIpc) is 2.73. The highest BCUT2D eigenvalue weighted by Gasteiger charge is 2.23. The molecule has 2 rings (SSSR count). The summed E-state index contributed by atoms with van der Waals surface area (Å²) in [5, 5.41) is 0. The fraction of sp³-hybridized carbons (Fsp3) is 0.556. The Hall–Kier alpha value is -2.48. The van der Waals surface area contributed by atoms with Crippen LogP contribution in [0.25, 0.3) is 12.2 Å². The third-order valence-corrected chi connectivity index (χ3v) is 5.87. The number of benzene rings is 2. The Morgan fingerprint density at radius 3 is 0.868 bits per heavy atom. The third-order valence-electron chi connectivity index (χ3n) is 5.87. The van der Waals surface area contributed by atoms with Crippen LogP contribution >= 0.6 is 0 Å². The molecule has 0 saturated heterocycles. The van der Waals surface area contributed by atoms with Crippen molar-refractivity contribution in [2.75, 3.05) is 36.0 Å². The van der Waals surface area contributed by atoms with Crippen molar-refractivity contribution in [2.45, 2.75) is 83.1 Å². The van der Waals surface area contributed by atoms with Crippen LogP contribution in [0.2, 0.25) is 0 Å². The second-order valence-corrected chi connectivity index (χ2v) is 15.9. The van der Waals surface area contributed by atoms with Crippen LogP contribution < -0.4 is 9.80 Å². The Kier molecular flexibility index (Phi) is 10.5. The number of anilines is 2. The zero-order valence-electron chi connectivity index (χ0n) is 26.7. The highest BCUT2D eigenvalue weighted by molar-refractivity contribution is 5.61. The molecule has 38 heavy (non-hydrogen) atoms. The number of hydrogen-bond donors (Lipinski definition) is 0. The van der Waals surface area contributed by atoms with Crippen molar-refractivity contribution in [1.82, 2.24) is 0 Å². The summed E-state index contributed by atoms with van der Waals surface area (Å²) in [5.41, 5.74) is 6.06. The van der Waals surface area contributed by atoms with Crippen molar-refractivity contribution in [1.29, 1.82) is 0 Å². The lowest BCUT2D eigenvalue weighted by Crippen LogP contribution is -2.38. The molecule has 0 saturated carbocycles. The monoisotopic (exact) mass is 516 g/mol. The Labute approximate surface area is 235 Å². The van der Waals surface area contributed by atoms with E-state index >= 15 is 0 Å². The van der Waals surface area contributed by atoms with Gasteiger partial charge in [-0.1, -0.05) is 132 Å². The van der Waals surface area contributed by atoms with Gasteiger partial charge in [0.25, 0.3) is 0 Å². The lowest BCUT2D eigenvalue weighted by atomic mass is 9.91. The molecule has 210 valence electrons. The maximum atomic E-state index is 2.53. The summed E-state index contributed by atoms with van der Waals surface area (Å²) < 4.78 is 0. The normalized spacial score (nSPS) is 13.5. The average molecular weight is 517 g/mol. The smallest absolute Gasteiger partial charge is 0.0366 e. The molecule has 2 heteroatoms. The van der Waals surface area contributed by atoms with E-state index in [2.05, 4.69) is 166 Å². The summed E-state index contributed by atoms with van der Waals surface area (Å²) in [7, 11) is 0. The first kappa shape index (κ1) is 31.7. The Morgan fingerprint density at radius 2 is 0.658 bits per heavy atom. The maximum absolute atomic E-state index is 2.53. The minimum Gasteiger partial charge on any atom is -0.370 e. The molecular formula is C36H56N2. The van der Waals surface area contributed by atoms with Crippen molar-refractivity contribution in [3.05, 3.63) is 71.8 Å². The van der Waals surface area contributed by atoms with E-state index in [0.717, 1.165) is 26.2 Å².